The average molecular weight is 677 g/mol. The van der Waals surface area contributed by atoms with Crippen LogP contribution in [0, 0.1) is 0 Å². The van der Waals surface area contributed by atoms with E-state index in [0.717, 1.165) is 44.9 Å². The van der Waals surface area contributed by atoms with Gasteiger partial charge in [0.15, 0.2) is 0 Å². The third kappa shape index (κ3) is 32.1. The normalized spacial score (nSPS) is 14.7. The topological polar surface area (TPSA) is 108 Å². The van der Waals surface area contributed by atoms with Crippen molar-refractivity contribution in [1.29, 1.82) is 0 Å². The van der Waals surface area contributed by atoms with Crippen LogP contribution in [0.4, 0.5) is 0 Å². The molecular weight excluding hydrogens is 599 g/mol. The van der Waals surface area contributed by atoms with Gasteiger partial charge in [0.05, 0.1) is 39.9 Å². The van der Waals surface area contributed by atoms with Crippen molar-refractivity contribution in [2.75, 3.05) is 40.9 Å². The molecule has 9 heteroatoms. The molecule has 2 N–H and O–H groups in total. The lowest BCUT2D eigenvalue weighted by molar-refractivity contribution is -0.870. The molecule has 0 saturated heterocycles. The Morgan fingerprint density at radius 2 is 1.07 bits per heavy atom. The molecule has 0 heterocycles. The molecule has 0 aliphatic heterocycles. The molecule has 0 aromatic heterocycles. The molecule has 46 heavy (non-hydrogen) atoms. The average Bonchev–Trinajstić information content (AvgIpc) is 2.99. The van der Waals surface area contributed by atoms with Crippen LogP contribution in [0.5, 0.6) is 0 Å². The number of hydrogen-bond donors (Lipinski definition) is 2. The molecule has 0 aromatic carbocycles. The number of aliphatic hydroxyl groups excluding tert-OH is 1. The van der Waals surface area contributed by atoms with Crippen molar-refractivity contribution in [2.45, 2.75) is 193 Å². The lowest BCUT2D eigenvalue weighted by atomic mass is 10.0. The van der Waals surface area contributed by atoms with Crippen molar-refractivity contribution in [3.63, 3.8) is 0 Å². The number of nitrogens with zero attached hydrogens (tertiary/aromatic N) is 1. The van der Waals surface area contributed by atoms with Gasteiger partial charge in [0.1, 0.15) is 13.2 Å². The standard InChI is InChI=1S/C37H77N2O6P/c1-6-8-10-12-13-14-15-16-17-18-19-20-21-22-23-24-25-26-27-28-30-36(40)35(38-37(41)31-29-11-9-7-2)34-45-46(42,43)44-33-32-39(3,4)5/h35-36,40H,6-34H2,1-5H3,(H-,38,41,42,43). The summed E-state index contributed by atoms with van der Waals surface area (Å²) in [5.41, 5.74) is 0. The van der Waals surface area contributed by atoms with E-state index in [1.54, 1.807) is 0 Å². The summed E-state index contributed by atoms with van der Waals surface area (Å²) in [7, 11) is 1.31. The van der Waals surface area contributed by atoms with Crippen molar-refractivity contribution in [3.8, 4) is 0 Å². The molecule has 0 fully saturated rings. The van der Waals surface area contributed by atoms with Gasteiger partial charge in [-0.25, -0.2) is 0 Å². The maximum Gasteiger partial charge on any atom is 0.268 e. The monoisotopic (exact) mass is 677 g/mol. The molecule has 8 nitrogen and oxygen atoms in total. The molecule has 0 aliphatic carbocycles. The van der Waals surface area contributed by atoms with Gasteiger partial charge in [0.2, 0.25) is 5.91 Å². The van der Waals surface area contributed by atoms with Crippen LogP contribution in [0.25, 0.3) is 0 Å². The first-order valence-corrected chi connectivity index (χ1v) is 20.8. The second kappa shape index (κ2) is 30.6. The summed E-state index contributed by atoms with van der Waals surface area (Å²) in [4.78, 5) is 24.8. The van der Waals surface area contributed by atoms with E-state index < -0.39 is 20.0 Å². The van der Waals surface area contributed by atoms with Gasteiger partial charge in [0, 0.05) is 6.42 Å². The molecule has 3 unspecified atom stereocenters. The van der Waals surface area contributed by atoms with Crippen LogP contribution in [0.3, 0.4) is 0 Å². The third-order valence-corrected chi connectivity index (χ3v) is 9.81. The van der Waals surface area contributed by atoms with Gasteiger partial charge in [-0.2, -0.15) is 0 Å². The van der Waals surface area contributed by atoms with Crippen LogP contribution in [0.1, 0.15) is 181 Å². The number of phosphoric acid groups is 1. The Bertz CT molecular complexity index is 733. The Hall–Kier alpha value is -0.500. The minimum atomic E-state index is -4.54. The molecule has 0 rings (SSSR count). The van der Waals surface area contributed by atoms with Crippen LogP contribution in [0.2, 0.25) is 0 Å². The molecule has 0 spiro atoms. The van der Waals surface area contributed by atoms with Crippen LogP contribution >= 0.6 is 7.82 Å². The summed E-state index contributed by atoms with van der Waals surface area (Å²) in [6, 6.07) is -0.789. The summed E-state index contributed by atoms with van der Waals surface area (Å²) in [6.07, 6.45) is 30.2. The highest BCUT2D eigenvalue weighted by molar-refractivity contribution is 7.45. The zero-order valence-corrected chi connectivity index (χ0v) is 31.9. The summed E-state index contributed by atoms with van der Waals surface area (Å²) < 4.78 is 23.0. The SMILES string of the molecule is CCCCCCCCCCCCCCCCCCCCCCC(O)C(COP(=O)([O-])OCC[N+](C)(C)C)NC(=O)CCCCCC. The van der Waals surface area contributed by atoms with E-state index in [9.17, 15) is 19.4 Å². The van der Waals surface area contributed by atoms with Crippen LogP contribution in [0.15, 0.2) is 0 Å². The van der Waals surface area contributed by atoms with E-state index >= 15 is 0 Å². The minimum Gasteiger partial charge on any atom is -0.756 e. The van der Waals surface area contributed by atoms with E-state index in [1.165, 1.54) is 109 Å². The highest BCUT2D eigenvalue weighted by Crippen LogP contribution is 2.38. The predicted octanol–water partition coefficient (Wildman–Crippen LogP) is 9.22. The van der Waals surface area contributed by atoms with E-state index in [2.05, 4.69) is 19.2 Å². The van der Waals surface area contributed by atoms with Crippen molar-refractivity contribution < 1.29 is 32.9 Å². The van der Waals surface area contributed by atoms with Gasteiger partial charge >= 0.3 is 0 Å². The number of rotatable bonds is 35. The Morgan fingerprint density at radius 3 is 1.48 bits per heavy atom. The molecule has 1 amide bonds. The third-order valence-electron chi connectivity index (χ3n) is 8.85. The molecule has 0 saturated carbocycles. The first-order valence-electron chi connectivity index (χ1n) is 19.4. The first kappa shape index (κ1) is 45.5. The van der Waals surface area contributed by atoms with E-state index in [1.807, 2.05) is 21.1 Å². The predicted molar refractivity (Wildman–Crippen MR) is 192 cm³/mol. The molecule has 0 bridgehead atoms. The smallest absolute Gasteiger partial charge is 0.268 e. The number of carbonyl (C=O) groups is 1. The van der Waals surface area contributed by atoms with E-state index in [-0.39, 0.29) is 19.1 Å². The number of nitrogens with one attached hydrogen (secondary N) is 1. The quantitative estimate of drug-likeness (QED) is 0.0394. The molecule has 0 radical (unpaired) electrons. The van der Waals surface area contributed by atoms with Gasteiger partial charge in [-0.05, 0) is 12.8 Å². The van der Waals surface area contributed by atoms with E-state index in [0.29, 0.717) is 23.9 Å². The van der Waals surface area contributed by atoms with Crippen LogP contribution in [-0.2, 0) is 18.4 Å². The van der Waals surface area contributed by atoms with Crippen molar-refractivity contribution >= 4 is 13.7 Å². The van der Waals surface area contributed by atoms with Crippen molar-refractivity contribution in [2.24, 2.45) is 0 Å². The summed E-state index contributed by atoms with van der Waals surface area (Å²) in [6.45, 7) is 4.60. The second-order valence-electron chi connectivity index (χ2n) is 14.6. The summed E-state index contributed by atoms with van der Waals surface area (Å²) in [5.74, 6) is -0.182. The fourth-order valence-electron chi connectivity index (χ4n) is 5.69. The number of hydrogen-bond acceptors (Lipinski definition) is 6. The number of aliphatic hydroxyl groups is 1. The number of unbranched alkanes of at least 4 members (excludes halogenated alkanes) is 22. The number of quaternary nitrogens is 1. The van der Waals surface area contributed by atoms with Gasteiger partial charge < -0.3 is 28.8 Å². The number of phosphoric ester groups is 1. The molecule has 276 valence electrons. The minimum absolute atomic E-state index is 0.0146. The maximum atomic E-state index is 12.5. The van der Waals surface area contributed by atoms with Gasteiger partial charge in [-0.1, -0.05) is 162 Å². The fraction of sp³-hybridized carbons (Fsp3) is 0.973. The number of likely N-dealkylation sites (N-methyl/N-ethyl adjacent to an activating group) is 1. The fourth-order valence-corrected chi connectivity index (χ4v) is 6.41. The largest absolute Gasteiger partial charge is 0.756 e. The second-order valence-corrected chi connectivity index (χ2v) is 16.1. The van der Waals surface area contributed by atoms with E-state index in [4.69, 9.17) is 9.05 Å². The molecule has 0 aliphatic rings. The Kier molecular flexibility index (Phi) is 30.2. The highest BCUT2D eigenvalue weighted by atomic mass is 31.2. The van der Waals surface area contributed by atoms with Crippen LogP contribution in [-0.4, -0.2) is 68.5 Å². The zero-order valence-electron chi connectivity index (χ0n) is 31.0. The zero-order chi connectivity index (χ0) is 34.4. The maximum absolute atomic E-state index is 12.5. The molecular formula is C37H77N2O6P. The summed E-state index contributed by atoms with van der Waals surface area (Å²) in [5, 5.41) is 13.7. The van der Waals surface area contributed by atoms with Crippen LogP contribution < -0.4 is 10.2 Å². The lowest BCUT2D eigenvalue weighted by Crippen LogP contribution is -2.46. The lowest BCUT2D eigenvalue weighted by Gasteiger charge is -2.30. The number of amides is 1. The highest BCUT2D eigenvalue weighted by Gasteiger charge is 2.24. The van der Waals surface area contributed by atoms with Crippen molar-refractivity contribution in [1.82, 2.24) is 5.32 Å². The summed E-state index contributed by atoms with van der Waals surface area (Å²) >= 11 is 0. The Balaban J connectivity index is 4.10. The molecule has 0 aromatic rings. The molecule has 3 atom stereocenters. The first-order chi connectivity index (χ1) is 22.0. The Morgan fingerprint density at radius 1 is 0.674 bits per heavy atom. The Labute approximate surface area is 285 Å². The van der Waals surface area contributed by atoms with Gasteiger partial charge in [-0.15, -0.1) is 0 Å². The van der Waals surface area contributed by atoms with Gasteiger partial charge in [-0.3, -0.25) is 9.36 Å². The number of carbonyl (C=O) groups excluding carboxylic acids is 1. The van der Waals surface area contributed by atoms with Crippen molar-refractivity contribution in [3.05, 3.63) is 0 Å². The van der Waals surface area contributed by atoms with Gasteiger partial charge in [0.25, 0.3) is 7.82 Å².